The molecule has 15 heavy (non-hydrogen) atoms. The Morgan fingerprint density at radius 3 is 3.20 bits per heavy atom. The quantitative estimate of drug-likeness (QED) is 0.704. The van der Waals surface area contributed by atoms with Crippen LogP contribution in [0.5, 0.6) is 0 Å². The van der Waals surface area contributed by atoms with Crippen molar-refractivity contribution in [3.8, 4) is 0 Å². The van der Waals surface area contributed by atoms with Crippen molar-refractivity contribution in [2.45, 2.75) is 19.1 Å². The fourth-order valence-electron chi connectivity index (χ4n) is 1.43. The molecular weight excluding hydrogens is 198 g/mol. The van der Waals surface area contributed by atoms with Crippen molar-refractivity contribution in [3.05, 3.63) is 24.2 Å². The summed E-state index contributed by atoms with van der Waals surface area (Å²) in [6.07, 6.45) is 3.91. The van der Waals surface area contributed by atoms with E-state index in [1.807, 2.05) is 0 Å². The van der Waals surface area contributed by atoms with E-state index in [1.54, 1.807) is 13.0 Å². The molecule has 80 valence electrons. The highest BCUT2D eigenvalue weighted by atomic mass is 16.5. The third kappa shape index (κ3) is 1.86. The Kier molecular flexibility index (Phi) is 2.71. The zero-order valence-corrected chi connectivity index (χ0v) is 8.25. The third-order valence-corrected chi connectivity index (χ3v) is 2.12. The molecule has 0 saturated carbocycles. The standard InChI is InChI=1S/C10H11NO4/c1-2-14-10(12)8-9(15-6-11-8)7-3-4-13-5-7/h3-6,8-9H,2H2,1H3. The normalized spacial score (nSPS) is 23.8. The monoisotopic (exact) mass is 209 g/mol. The van der Waals surface area contributed by atoms with E-state index in [2.05, 4.69) is 4.99 Å². The van der Waals surface area contributed by atoms with Gasteiger partial charge in [0, 0.05) is 5.56 Å². The van der Waals surface area contributed by atoms with E-state index in [-0.39, 0.29) is 5.97 Å². The highest BCUT2D eigenvalue weighted by Crippen LogP contribution is 2.27. The lowest BCUT2D eigenvalue weighted by atomic mass is 10.1. The van der Waals surface area contributed by atoms with Crippen LogP contribution < -0.4 is 0 Å². The van der Waals surface area contributed by atoms with Crippen LogP contribution in [0.25, 0.3) is 0 Å². The predicted molar refractivity (Wildman–Crippen MR) is 51.4 cm³/mol. The molecule has 0 spiro atoms. The smallest absolute Gasteiger partial charge is 0.335 e. The van der Waals surface area contributed by atoms with Crippen molar-refractivity contribution in [3.63, 3.8) is 0 Å². The summed E-state index contributed by atoms with van der Waals surface area (Å²) in [5.41, 5.74) is 0.783. The Morgan fingerprint density at radius 2 is 2.53 bits per heavy atom. The van der Waals surface area contributed by atoms with Crippen LogP contribution in [-0.2, 0) is 14.3 Å². The van der Waals surface area contributed by atoms with Gasteiger partial charge in [-0.25, -0.2) is 9.79 Å². The van der Waals surface area contributed by atoms with Gasteiger partial charge in [0.2, 0.25) is 0 Å². The van der Waals surface area contributed by atoms with Gasteiger partial charge in [0.1, 0.15) is 0 Å². The second-order valence-electron chi connectivity index (χ2n) is 3.06. The highest BCUT2D eigenvalue weighted by molar-refractivity contribution is 5.80. The maximum absolute atomic E-state index is 11.5. The van der Waals surface area contributed by atoms with Gasteiger partial charge in [0.25, 0.3) is 0 Å². The molecule has 1 aliphatic heterocycles. The predicted octanol–water partition coefficient (Wildman–Crippen LogP) is 1.31. The molecule has 2 unspecified atom stereocenters. The van der Waals surface area contributed by atoms with Crippen molar-refractivity contribution < 1.29 is 18.7 Å². The minimum atomic E-state index is -0.623. The van der Waals surface area contributed by atoms with Gasteiger partial charge in [-0.05, 0) is 13.0 Å². The van der Waals surface area contributed by atoms with E-state index in [0.29, 0.717) is 6.61 Å². The van der Waals surface area contributed by atoms with Crippen LogP contribution in [0.15, 0.2) is 28.0 Å². The molecule has 2 atom stereocenters. The molecule has 0 fully saturated rings. The number of nitrogens with zero attached hydrogens (tertiary/aromatic N) is 1. The third-order valence-electron chi connectivity index (χ3n) is 2.12. The van der Waals surface area contributed by atoms with Gasteiger partial charge in [0.15, 0.2) is 18.5 Å². The summed E-state index contributed by atoms with van der Waals surface area (Å²) >= 11 is 0. The number of carbonyl (C=O) groups is 1. The second-order valence-corrected chi connectivity index (χ2v) is 3.06. The van der Waals surface area contributed by atoms with Gasteiger partial charge in [-0.2, -0.15) is 0 Å². The maximum atomic E-state index is 11.5. The number of esters is 1. The molecule has 5 heteroatoms. The first-order valence-electron chi connectivity index (χ1n) is 4.68. The summed E-state index contributed by atoms with van der Waals surface area (Å²) < 4.78 is 15.0. The molecule has 0 aromatic carbocycles. The molecule has 0 saturated heterocycles. The van der Waals surface area contributed by atoms with Gasteiger partial charge >= 0.3 is 5.97 Å². The van der Waals surface area contributed by atoms with Gasteiger partial charge in [-0.3, -0.25) is 0 Å². The fourth-order valence-corrected chi connectivity index (χ4v) is 1.43. The highest BCUT2D eigenvalue weighted by Gasteiger charge is 2.35. The molecule has 5 nitrogen and oxygen atoms in total. The largest absolute Gasteiger partial charge is 0.473 e. The van der Waals surface area contributed by atoms with Crippen molar-refractivity contribution in [1.82, 2.24) is 0 Å². The topological polar surface area (TPSA) is 61.0 Å². The van der Waals surface area contributed by atoms with Crippen molar-refractivity contribution in [1.29, 1.82) is 0 Å². The van der Waals surface area contributed by atoms with Crippen LogP contribution in [0.4, 0.5) is 0 Å². The van der Waals surface area contributed by atoms with E-state index in [1.165, 1.54) is 18.9 Å². The summed E-state index contributed by atoms with van der Waals surface area (Å²) in [6.45, 7) is 2.09. The summed E-state index contributed by atoms with van der Waals surface area (Å²) in [6, 6.07) is 1.12. The molecule has 0 aliphatic carbocycles. The molecule has 2 rings (SSSR count). The summed E-state index contributed by atoms with van der Waals surface area (Å²) in [5.74, 6) is -0.377. The van der Waals surface area contributed by atoms with Crippen LogP contribution in [0.1, 0.15) is 18.6 Å². The molecular formula is C10H11NO4. The minimum Gasteiger partial charge on any atom is -0.473 e. The first-order chi connectivity index (χ1) is 7.33. The number of hydrogen-bond donors (Lipinski definition) is 0. The Labute approximate surface area is 86.7 Å². The Morgan fingerprint density at radius 1 is 1.67 bits per heavy atom. The first kappa shape index (κ1) is 9.76. The maximum Gasteiger partial charge on any atom is 0.335 e. The zero-order chi connectivity index (χ0) is 10.7. The minimum absolute atomic E-state index is 0.336. The zero-order valence-electron chi connectivity index (χ0n) is 8.25. The Hall–Kier alpha value is -1.78. The summed E-state index contributed by atoms with van der Waals surface area (Å²) in [4.78, 5) is 15.4. The van der Waals surface area contributed by atoms with E-state index in [9.17, 15) is 4.79 Å². The fraction of sp³-hybridized carbons (Fsp3) is 0.400. The average Bonchev–Trinajstić information content (AvgIpc) is 2.88. The second kappa shape index (κ2) is 4.16. The number of carbonyl (C=O) groups excluding carboxylic acids is 1. The molecule has 1 aromatic rings. The Balaban J connectivity index is 2.11. The van der Waals surface area contributed by atoms with Crippen LogP contribution >= 0.6 is 0 Å². The molecule has 1 aliphatic rings. The molecule has 2 heterocycles. The van der Waals surface area contributed by atoms with Crippen LogP contribution in [-0.4, -0.2) is 25.0 Å². The lowest BCUT2D eigenvalue weighted by Crippen LogP contribution is -2.26. The molecule has 0 bridgehead atoms. The molecule has 1 aromatic heterocycles. The van der Waals surface area contributed by atoms with Gasteiger partial charge < -0.3 is 13.9 Å². The van der Waals surface area contributed by atoms with E-state index in [0.717, 1.165) is 5.56 Å². The van der Waals surface area contributed by atoms with E-state index >= 15 is 0 Å². The van der Waals surface area contributed by atoms with Gasteiger partial charge in [-0.15, -0.1) is 0 Å². The van der Waals surface area contributed by atoms with Crippen LogP contribution in [0.3, 0.4) is 0 Å². The Bertz CT molecular complexity index is 358. The number of hydrogen-bond acceptors (Lipinski definition) is 5. The van der Waals surface area contributed by atoms with E-state index in [4.69, 9.17) is 13.9 Å². The number of furan rings is 1. The van der Waals surface area contributed by atoms with E-state index < -0.39 is 12.1 Å². The lowest BCUT2D eigenvalue weighted by Gasteiger charge is -2.13. The van der Waals surface area contributed by atoms with Crippen LogP contribution in [0.2, 0.25) is 0 Å². The van der Waals surface area contributed by atoms with Gasteiger partial charge in [0.05, 0.1) is 19.1 Å². The summed E-state index contributed by atoms with van der Waals surface area (Å²) in [7, 11) is 0. The number of rotatable bonds is 3. The van der Waals surface area contributed by atoms with Crippen molar-refractivity contribution in [2.24, 2.45) is 4.99 Å². The number of ether oxygens (including phenoxy) is 2. The van der Waals surface area contributed by atoms with Crippen LogP contribution in [0, 0.1) is 0 Å². The van der Waals surface area contributed by atoms with Crippen molar-refractivity contribution >= 4 is 12.4 Å². The summed E-state index contributed by atoms with van der Waals surface area (Å²) in [5, 5.41) is 0. The SMILES string of the molecule is CCOC(=O)C1N=COC1c1ccoc1. The average molecular weight is 209 g/mol. The van der Waals surface area contributed by atoms with Crippen molar-refractivity contribution in [2.75, 3.05) is 6.61 Å². The molecule has 0 radical (unpaired) electrons. The first-order valence-corrected chi connectivity index (χ1v) is 4.68. The van der Waals surface area contributed by atoms with Gasteiger partial charge in [-0.1, -0.05) is 0 Å². The molecule has 0 N–H and O–H groups in total. The number of aliphatic imine (C=N–C) groups is 1. The lowest BCUT2D eigenvalue weighted by molar-refractivity contribution is -0.146. The molecule has 0 amide bonds.